The van der Waals surface area contributed by atoms with E-state index in [9.17, 15) is 33.9 Å². The Hall–Kier alpha value is -6.18. The molecule has 0 unspecified atom stereocenters. The topological polar surface area (TPSA) is 184 Å². The minimum Gasteiger partial charge on any atom is -0.499 e. The number of carbonyl (C=O) groups is 6. The first-order valence-corrected chi connectivity index (χ1v) is 15.0. The maximum absolute atomic E-state index is 14.8. The van der Waals surface area contributed by atoms with Gasteiger partial charge < -0.3 is 34.1 Å². The molecule has 0 aromatic heterocycles. The predicted octanol–water partition coefficient (Wildman–Crippen LogP) is 2.82. The molecule has 49 heavy (non-hydrogen) atoms. The van der Waals surface area contributed by atoms with E-state index in [1.165, 1.54) is 37.5 Å². The van der Waals surface area contributed by atoms with Crippen molar-refractivity contribution in [2.45, 2.75) is 44.9 Å². The number of carbonyl (C=O) groups excluding carboxylic acids is 5. The van der Waals surface area contributed by atoms with Gasteiger partial charge in [-0.15, -0.1) is 0 Å². The van der Waals surface area contributed by atoms with Gasteiger partial charge in [0.25, 0.3) is 0 Å². The summed E-state index contributed by atoms with van der Waals surface area (Å²) in [6.07, 6.45) is 3.01. The van der Waals surface area contributed by atoms with Crippen molar-refractivity contribution in [2.24, 2.45) is 11.8 Å². The summed E-state index contributed by atoms with van der Waals surface area (Å²) < 4.78 is 28.6. The van der Waals surface area contributed by atoms with Crippen LogP contribution in [0.2, 0.25) is 0 Å². The molecule has 13 heteroatoms. The third-order valence-electron chi connectivity index (χ3n) is 9.24. The highest BCUT2D eigenvalue weighted by Gasteiger charge is 2.85. The Balaban J connectivity index is 1.59. The smallest absolute Gasteiger partial charge is 0.335 e. The highest BCUT2D eigenvalue weighted by Crippen LogP contribution is 2.74. The zero-order valence-electron chi connectivity index (χ0n) is 26.6. The summed E-state index contributed by atoms with van der Waals surface area (Å²) >= 11 is 0. The van der Waals surface area contributed by atoms with E-state index in [1.54, 1.807) is 6.92 Å². The average Bonchev–Trinajstić information content (AvgIpc) is 3.75. The first-order chi connectivity index (χ1) is 23.3. The second-order valence-corrected chi connectivity index (χ2v) is 11.9. The van der Waals surface area contributed by atoms with Gasteiger partial charge in [-0.25, -0.2) is 4.79 Å². The van der Waals surface area contributed by atoms with Crippen LogP contribution in [0, 0.1) is 35.5 Å². The van der Waals surface area contributed by atoms with Gasteiger partial charge in [-0.3, -0.25) is 24.0 Å². The Morgan fingerprint density at radius 1 is 0.837 bits per heavy atom. The molecule has 5 aliphatic rings. The lowest BCUT2D eigenvalue weighted by molar-refractivity contribution is -0.134. The first-order valence-electron chi connectivity index (χ1n) is 15.0. The molecule has 246 valence electrons. The minimum absolute atomic E-state index is 0.0248. The van der Waals surface area contributed by atoms with Gasteiger partial charge in [0, 0.05) is 32.3 Å². The molecule has 2 N–H and O–H groups in total. The molecule has 2 aromatic carbocycles. The third-order valence-corrected chi connectivity index (χ3v) is 9.24. The van der Waals surface area contributed by atoms with Crippen molar-refractivity contribution in [3.63, 3.8) is 0 Å². The lowest BCUT2D eigenvalue weighted by Gasteiger charge is -2.43. The van der Waals surface area contributed by atoms with Crippen molar-refractivity contribution in [1.29, 1.82) is 0 Å². The number of ether oxygens (including phenoxy) is 5. The molecule has 7 rings (SSSR count). The standard InChI is InChI=1S/C36H25NO12/c1-15-25(34(43)44)33(45-5)19-10-8-6-7-9-11-24-35(15)36(19,49-35)20-14-23(48-18(4)40)28-29(30(20)37-24)32(42)27-22(47-17(3)39)13-12-21(46-16(2)38)26(27)31(28)41/h6-7,12-15,19,24,37H,1-5H3,(H,43,44)/b7-6-/t15-,19-,24-,35-,36+/m0/s1. The number of rotatable bonds is 5. The summed E-state index contributed by atoms with van der Waals surface area (Å²) in [5.41, 5.74) is -4.00. The van der Waals surface area contributed by atoms with Crippen LogP contribution < -0.4 is 19.5 Å². The van der Waals surface area contributed by atoms with Crippen molar-refractivity contribution < 1.29 is 57.6 Å². The Kier molecular flexibility index (Phi) is 6.84. The van der Waals surface area contributed by atoms with E-state index in [-0.39, 0.29) is 62.1 Å². The number of hydrogen-bond donors (Lipinski definition) is 2. The van der Waals surface area contributed by atoms with Gasteiger partial charge in [0.1, 0.15) is 46.2 Å². The fourth-order valence-corrected chi connectivity index (χ4v) is 7.61. The molecule has 1 fully saturated rings. The van der Waals surface area contributed by atoms with Crippen LogP contribution in [-0.2, 0) is 34.3 Å². The van der Waals surface area contributed by atoms with E-state index in [4.69, 9.17) is 23.7 Å². The predicted molar refractivity (Wildman–Crippen MR) is 166 cm³/mol. The van der Waals surface area contributed by atoms with E-state index < -0.39 is 64.5 Å². The van der Waals surface area contributed by atoms with Gasteiger partial charge >= 0.3 is 23.9 Å². The highest BCUT2D eigenvalue weighted by atomic mass is 16.6. The summed E-state index contributed by atoms with van der Waals surface area (Å²) in [7, 11) is 1.32. The van der Waals surface area contributed by atoms with Crippen LogP contribution >= 0.6 is 0 Å². The largest absolute Gasteiger partial charge is 0.499 e. The molecule has 1 saturated heterocycles. The SMILES string of the molecule is COC1=C(C(=O)O)[C@H](C)[C@@]23O[C@]24c2cc(OC(C)=O)c5c(c2N[C@H]3C#C/C=C\C#C[C@@H]14)C(=O)c1c(OC(C)=O)ccc(OC(C)=O)c1C5=O. The van der Waals surface area contributed by atoms with Gasteiger partial charge in [0.15, 0.2) is 0 Å². The number of ketones is 2. The molecule has 2 aromatic rings. The average molecular weight is 664 g/mol. The van der Waals surface area contributed by atoms with Crippen LogP contribution in [0.1, 0.15) is 65.1 Å². The Bertz CT molecular complexity index is 2200. The zero-order valence-corrected chi connectivity index (χ0v) is 26.6. The summed E-state index contributed by atoms with van der Waals surface area (Å²) in [6, 6.07) is 2.85. The molecule has 0 spiro atoms. The molecule has 13 nitrogen and oxygen atoms in total. The lowest BCUT2D eigenvalue weighted by atomic mass is 9.59. The minimum atomic E-state index is -1.51. The van der Waals surface area contributed by atoms with E-state index >= 15 is 0 Å². The van der Waals surface area contributed by atoms with Crippen LogP contribution in [0.15, 0.2) is 41.7 Å². The quantitative estimate of drug-likeness (QED) is 0.176. The summed E-state index contributed by atoms with van der Waals surface area (Å²) in [6.45, 7) is 4.99. The van der Waals surface area contributed by atoms with E-state index in [1.807, 2.05) is 0 Å². The van der Waals surface area contributed by atoms with Crippen LogP contribution in [0.25, 0.3) is 0 Å². The van der Waals surface area contributed by atoms with Gasteiger partial charge in [0.2, 0.25) is 11.6 Å². The van der Waals surface area contributed by atoms with Crippen LogP contribution in [-0.4, -0.2) is 59.3 Å². The number of hydrogen-bond acceptors (Lipinski definition) is 12. The van der Waals surface area contributed by atoms with Gasteiger partial charge in [0.05, 0.1) is 40.6 Å². The normalized spacial score (nSPS) is 26.7. The number of esters is 3. The zero-order chi connectivity index (χ0) is 35.2. The third kappa shape index (κ3) is 4.12. The van der Waals surface area contributed by atoms with Gasteiger partial charge in [-0.1, -0.05) is 30.6 Å². The van der Waals surface area contributed by atoms with Crippen LogP contribution in [0.3, 0.4) is 0 Å². The molecule has 2 heterocycles. The van der Waals surface area contributed by atoms with Gasteiger partial charge in [-0.2, -0.15) is 0 Å². The number of methoxy groups -OCH3 is 1. The number of carboxylic acid groups (broad SMARTS) is 1. The van der Waals surface area contributed by atoms with Crippen molar-refractivity contribution >= 4 is 41.1 Å². The molecule has 2 aliphatic heterocycles. The van der Waals surface area contributed by atoms with Crippen molar-refractivity contribution in [1.82, 2.24) is 0 Å². The van der Waals surface area contributed by atoms with E-state index in [0.717, 1.165) is 20.8 Å². The Labute approximate surface area is 278 Å². The molecule has 3 aliphatic carbocycles. The maximum atomic E-state index is 14.8. The molecule has 4 bridgehead atoms. The summed E-state index contributed by atoms with van der Waals surface area (Å²) in [4.78, 5) is 78.6. The maximum Gasteiger partial charge on any atom is 0.335 e. The van der Waals surface area contributed by atoms with Crippen molar-refractivity contribution in [3.8, 4) is 40.9 Å². The number of benzene rings is 2. The number of allylic oxidation sites excluding steroid dienone is 2. The summed E-state index contributed by atoms with van der Waals surface area (Å²) in [5, 5.41) is 13.6. The van der Waals surface area contributed by atoms with Crippen LogP contribution in [0.5, 0.6) is 17.2 Å². The molecule has 0 amide bonds. The van der Waals surface area contributed by atoms with Crippen molar-refractivity contribution in [3.05, 3.63) is 69.5 Å². The Morgan fingerprint density at radius 2 is 1.37 bits per heavy atom. The second-order valence-electron chi connectivity index (χ2n) is 11.9. The monoisotopic (exact) mass is 663 g/mol. The molecule has 0 radical (unpaired) electrons. The number of nitrogens with one attached hydrogen (secondary N) is 1. The fraction of sp³-hybridized carbons (Fsp3) is 0.278. The van der Waals surface area contributed by atoms with E-state index in [0.29, 0.717) is 0 Å². The van der Waals surface area contributed by atoms with Crippen molar-refractivity contribution in [2.75, 3.05) is 12.4 Å². The number of anilines is 1. The molecule has 5 atom stereocenters. The number of fused-ring (bicyclic) bond motifs is 4. The van der Waals surface area contributed by atoms with Gasteiger partial charge in [-0.05, 0) is 30.4 Å². The fourth-order valence-electron chi connectivity index (χ4n) is 7.61. The first kappa shape index (κ1) is 31.4. The molecular weight excluding hydrogens is 638 g/mol. The number of epoxide rings is 1. The summed E-state index contributed by atoms with van der Waals surface area (Å²) in [5.74, 6) is 3.79. The number of carboxylic acids is 1. The Morgan fingerprint density at radius 3 is 1.92 bits per heavy atom. The van der Waals surface area contributed by atoms with Crippen LogP contribution in [0.4, 0.5) is 5.69 Å². The highest BCUT2D eigenvalue weighted by molar-refractivity contribution is 6.33. The molecular formula is C36H25NO12. The second kappa shape index (κ2) is 10.7. The van der Waals surface area contributed by atoms with E-state index in [2.05, 4.69) is 29.0 Å². The number of aliphatic carboxylic acids is 1. The molecule has 0 saturated carbocycles. The lowest BCUT2D eigenvalue weighted by Crippen LogP contribution is -2.55.